The highest BCUT2D eigenvalue weighted by Crippen LogP contribution is 2.16. The van der Waals surface area contributed by atoms with Gasteiger partial charge in [0.25, 0.3) is 0 Å². The molecule has 0 saturated carbocycles. The SMILES string of the molecule is CC(C(=O)Nc1ccc2[nH]c(=O)[nH]c2c1)N(C)CCOc1ccc(Cl)cc1. The molecule has 1 atom stereocenters. The number of likely N-dealkylation sites (N-methyl/N-ethyl adjacent to an activating group) is 1. The summed E-state index contributed by atoms with van der Waals surface area (Å²) in [6.45, 7) is 2.86. The van der Waals surface area contributed by atoms with Crippen LogP contribution in [0, 0.1) is 0 Å². The van der Waals surface area contributed by atoms with Crippen molar-refractivity contribution in [1.29, 1.82) is 0 Å². The second-order valence-electron chi connectivity index (χ2n) is 6.29. The second-order valence-corrected chi connectivity index (χ2v) is 6.72. The molecule has 3 N–H and O–H groups in total. The van der Waals surface area contributed by atoms with Crippen LogP contribution in [0.2, 0.25) is 5.02 Å². The lowest BCUT2D eigenvalue weighted by atomic mass is 10.2. The lowest BCUT2D eigenvalue weighted by molar-refractivity contribution is -0.120. The van der Waals surface area contributed by atoms with Gasteiger partial charge in [0.2, 0.25) is 5.91 Å². The number of halogens is 1. The Bertz CT molecular complexity index is 981. The van der Waals surface area contributed by atoms with Crippen LogP contribution in [0.25, 0.3) is 11.0 Å². The third kappa shape index (κ3) is 4.90. The third-order valence-corrected chi connectivity index (χ3v) is 4.60. The molecule has 1 aromatic heterocycles. The number of H-pyrrole nitrogens is 2. The molecule has 8 heteroatoms. The van der Waals surface area contributed by atoms with Gasteiger partial charge in [0.15, 0.2) is 0 Å². The second kappa shape index (κ2) is 8.28. The van der Waals surface area contributed by atoms with E-state index in [1.807, 2.05) is 18.9 Å². The van der Waals surface area contributed by atoms with Crippen molar-refractivity contribution in [2.24, 2.45) is 0 Å². The Hall–Kier alpha value is -2.77. The Morgan fingerprint density at radius 3 is 2.63 bits per heavy atom. The van der Waals surface area contributed by atoms with Gasteiger partial charge in [-0.25, -0.2) is 4.79 Å². The number of aromatic amines is 2. The summed E-state index contributed by atoms with van der Waals surface area (Å²) in [6.07, 6.45) is 0. The normalized spacial score (nSPS) is 12.3. The van der Waals surface area contributed by atoms with E-state index in [0.29, 0.717) is 34.9 Å². The summed E-state index contributed by atoms with van der Waals surface area (Å²) >= 11 is 5.85. The molecule has 1 heterocycles. The minimum atomic E-state index is -0.347. The van der Waals surface area contributed by atoms with Gasteiger partial charge in [0.1, 0.15) is 12.4 Å². The van der Waals surface area contributed by atoms with Gasteiger partial charge in [-0.3, -0.25) is 9.69 Å². The number of hydrogen-bond donors (Lipinski definition) is 3. The number of nitrogens with one attached hydrogen (secondary N) is 3. The highest BCUT2D eigenvalue weighted by molar-refractivity contribution is 6.30. The first kappa shape index (κ1) is 19.0. The van der Waals surface area contributed by atoms with Crippen molar-refractivity contribution >= 4 is 34.2 Å². The fourth-order valence-corrected chi connectivity index (χ4v) is 2.72. The molecule has 0 saturated heterocycles. The van der Waals surface area contributed by atoms with Crippen LogP contribution in [-0.2, 0) is 4.79 Å². The highest BCUT2D eigenvalue weighted by Gasteiger charge is 2.18. The quantitative estimate of drug-likeness (QED) is 0.580. The van der Waals surface area contributed by atoms with Crippen molar-refractivity contribution < 1.29 is 9.53 Å². The first-order valence-electron chi connectivity index (χ1n) is 8.54. The van der Waals surface area contributed by atoms with Gasteiger partial charge >= 0.3 is 5.69 Å². The zero-order valence-electron chi connectivity index (χ0n) is 15.1. The lowest BCUT2D eigenvalue weighted by Crippen LogP contribution is -2.41. The summed E-state index contributed by atoms with van der Waals surface area (Å²) in [7, 11) is 1.86. The summed E-state index contributed by atoms with van der Waals surface area (Å²) < 4.78 is 5.66. The van der Waals surface area contributed by atoms with E-state index in [-0.39, 0.29) is 17.6 Å². The number of fused-ring (bicyclic) bond motifs is 1. The van der Waals surface area contributed by atoms with Gasteiger partial charge in [-0.15, -0.1) is 0 Å². The van der Waals surface area contributed by atoms with E-state index in [9.17, 15) is 9.59 Å². The molecule has 2 aromatic carbocycles. The molecule has 27 heavy (non-hydrogen) atoms. The number of amides is 1. The molecule has 0 bridgehead atoms. The van der Waals surface area contributed by atoms with E-state index >= 15 is 0 Å². The molecule has 0 spiro atoms. The number of carbonyl (C=O) groups is 1. The van der Waals surface area contributed by atoms with E-state index in [0.717, 1.165) is 5.75 Å². The van der Waals surface area contributed by atoms with Crippen molar-refractivity contribution in [2.75, 3.05) is 25.5 Å². The Labute approximate surface area is 161 Å². The van der Waals surface area contributed by atoms with E-state index in [1.54, 1.807) is 42.5 Å². The summed E-state index contributed by atoms with van der Waals surface area (Å²) in [5, 5.41) is 3.53. The van der Waals surface area contributed by atoms with Gasteiger partial charge in [0, 0.05) is 17.3 Å². The standard InChI is InChI=1S/C19H21ClN4O3/c1-12(24(2)9-10-27-15-6-3-13(20)4-7-15)18(25)21-14-5-8-16-17(11-14)23-19(26)22-16/h3-8,11-12H,9-10H2,1-2H3,(H,21,25)(H2,22,23,26). The average molecular weight is 389 g/mol. The lowest BCUT2D eigenvalue weighted by Gasteiger charge is -2.23. The van der Waals surface area contributed by atoms with Crippen molar-refractivity contribution in [2.45, 2.75) is 13.0 Å². The van der Waals surface area contributed by atoms with Crippen LogP contribution < -0.4 is 15.7 Å². The maximum atomic E-state index is 12.5. The van der Waals surface area contributed by atoms with Crippen LogP contribution >= 0.6 is 11.6 Å². The van der Waals surface area contributed by atoms with Crippen LogP contribution in [-0.4, -0.2) is 47.0 Å². The Kier molecular flexibility index (Phi) is 5.83. The molecule has 1 unspecified atom stereocenters. The van der Waals surface area contributed by atoms with Gasteiger partial charge in [-0.1, -0.05) is 11.6 Å². The van der Waals surface area contributed by atoms with Gasteiger partial charge in [-0.2, -0.15) is 0 Å². The molecular formula is C19H21ClN4O3. The number of imidazole rings is 1. The van der Waals surface area contributed by atoms with E-state index < -0.39 is 0 Å². The van der Waals surface area contributed by atoms with Gasteiger partial charge in [-0.05, 0) is 56.4 Å². The van der Waals surface area contributed by atoms with Gasteiger partial charge in [0.05, 0.1) is 17.1 Å². The first-order chi connectivity index (χ1) is 12.9. The Balaban J connectivity index is 1.52. The van der Waals surface area contributed by atoms with Gasteiger partial charge < -0.3 is 20.0 Å². The number of ether oxygens (including phenoxy) is 1. The number of benzene rings is 2. The molecule has 0 aliphatic rings. The van der Waals surface area contributed by atoms with E-state index in [4.69, 9.17) is 16.3 Å². The third-order valence-electron chi connectivity index (χ3n) is 4.35. The number of aromatic nitrogens is 2. The molecule has 0 aliphatic heterocycles. The largest absolute Gasteiger partial charge is 0.492 e. The fourth-order valence-electron chi connectivity index (χ4n) is 2.59. The van der Waals surface area contributed by atoms with Crippen molar-refractivity contribution in [1.82, 2.24) is 14.9 Å². The van der Waals surface area contributed by atoms with Crippen LogP contribution in [0.15, 0.2) is 47.3 Å². The first-order valence-corrected chi connectivity index (χ1v) is 8.92. The molecule has 142 valence electrons. The summed E-state index contributed by atoms with van der Waals surface area (Å²) in [6, 6.07) is 12.0. The van der Waals surface area contributed by atoms with Crippen molar-refractivity contribution in [3.8, 4) is 5.75 Å². The van der Waals surface area contributed by atoms with E-state index in [2.05, 4.69) is 15.3 Å². The molecule has 1 amide bonds. The van der Waals surface area contributed by atoms with Crippen LogP contribution in [0.1, 0.15) is 6.92 Å². The van der Waals surface area contributed by atoms with Crippen molar-refractivity contribution in [3.05, 3.63) is 58.0 Å². The zero-order chi connectivity index (χ0) is 19.4. The van der Waals surface area contributed by atoms with Crippen LogP contribution in [0.4, 0.5) is 5.69 Å². The van der Waals surface area contributed by atoms with E-state index in [1.165, 1.54) is 0 Å². The molecule has 0 aliphatic carbocycles. The summed E-state index contributed by atoms with van der Waals surface area (Å²) in [5.41, 5.74) is 1.69. The summed E-state index contributed by atoms with van der Waals surface area (Å²) in [4.78, 5) is 31.0. The monoisotopic (exact) mass is 388 g/mol. The fraction of sp³-hybridized carbons (Fsp3) is 0.263. The minimum Gasteiger partial charge on any atom is -0.492 e. The smallest absolute Gasteiger partial charge is 0.323 e. The maximum absolute atomic E-state index is 12.5. The number of rotatable bonds is 7. The molecule has 0 fully saturated rings. The van der Waals surface area contributed by atoms with Crippen LogP contribution in [0.3, 0.4) is 0 Å². The molecule has 3 rings (SSSR count). The zero-order valence-corrected chi connectivity index (χ0v) is 15.8. The minimum absolute atomic E-state index is 0.138. The number of carbonyl (C=O) groups excluding carboxylic acids is 1. The predicted molar refractivity (Wildman–Crippen MR) is 107 cm³/mol. The van der Waals surface area contributed by atoms with Crippen LogP contribution in [0.5, 0.6) is 5.75 Å². The number of hydrogen-bond acceptors (Lipinski definition) is 4. The topological polar surface area (TPSA) is 90.2 Å². The predicted octanol–water partition coefficient (Wildman–Crippen LogP) is 2.85. The average Bonchev–Trinajstić information content (AvgIpc) is 3.01. The van der Waals surface area contributed by atoms with Crippen molar-refractivity contribution in [3.63, 3.8) is 0 Å². The number of nitrogens with zero attached hydrogens (tertiary/aromatic N) is 1. The molecule has 7 nitrogen and oxygen atoms in total. The Morgan fingerprint density at radius 2 is 1.89 bits per heavy atom. The molecular weight excluding hydrogens is 368 g/mol. The Morgan fingerprint density at radius 1 is 1.19 bits per heavy atom. The maximum Gasteiger partial charge on any atom is 0.323 e. The number of anilines is 1. The molecule has 3 aromatic rings. The molecule has 0 radical (unpaired) electrons. The highest BCUT2D eigenvalue weighted by atomic mass is 35.5. The summed E-state index contributed by atoms with van der Waals surface area (Å²) in [5.74, 6) is 0.597.